The Kier molecular flexibility index (Phi) is 4.05. The molecule has 0 fully saturated rings. The molecule has 0 aliphatic heterocycles. The molecule has 1 aliphatic carbocycles. The Morgan fingerprint density at radius 3 is 1.39 bits per heavy atom. The van der Waals surface area contributed by atoms with Crippen LogP contribution in [0.3, 0.4) is 0 Å². The fraction of sp³-hybridized carbons (Fsp3) is 0.263. The summed E-state index contributed by atoms with van der Waals surface area (Å²) in [5.41, 5.74) is 2.42. The molecule has 0 bridgehead atoms. The fourth-order valence-electron chi connectivity index (χ4n) is 3.12. The lowest BCUT2D eigenvalue weighted by molar-refractivity contribution is 0.364. The Morgan fingerprint density at radius 1 is 0.783 bits per heavy atom. The van der Waals surface area contributed by atoms with Crippen LogP contribution in [0.15, 0.2) is 35.4 Å². The summed E-state index contributed by atoms with van der Waals surface area (Å²) in [6, 6.07) is 15.2. The quantitative estimate of drug-likeness (QED) is 0.677. The first kappa shape index (κ1) is 16.0. The zero-order valence-electron chi connectivity index (χ0n) is 13.2. The third-order valence-electron chi connectivity index (χ3n) is 3.94. The molecule has 23 heavy (non-hydrogen) atoms. The van der Waals surface area contributed by atoms with Crippen LogP contribution in [0.1, 0.15) is 31.9 Å². The average molecular weight is 298 g/mol. The number of hydrogen-bond acceptors (Lipinski definition) is 4. The van der Waals surface area contributed by atoms with Crippen LogP contribution in [0, 0.1) is 56.7 Å². The summed E-state index contributed by atoms with van der Waals surface area (Å²) in [5.74, 6) is -0.358. The van der Waals surface area contributed by atoms with Gasteiger partial charge in [-0.05, 0) is 27.7 Å². The molecule has 0 N–H and O–H groups in total. The highest BCUT2D eigenvalue weighted by molar-refractivity contribution is 6.00. The SMILES string of the molecule is CC(C)(C)C1C(=C(C#N)C#N)c2ccccc2C1=C(C#N)C#N. The fourth-order valence-corrected chi connectivity index (χ4v) is 3.12. The summed E-state index contributed by atoms with van der Waals surface area (Å²) in [5, 5.41) is 37.4. The predicted molar refractivity (Wildman–Crippen MR) is 85.7 cm³/mol. The first-order chi connectivity index (χ1) is 10.9. The molecule has 110 valence electrons. The van der Waals surface area contributed by atoms with Crippen molar-refractivity contribution in [2.45, 2.75) is 20.8 Å². The van der Waals surface area contributed by atoms with Gasteiger partial charge in [0.25, 0.3) is 0 Å². The summed E-state index contributed by atoms with van der Waals surface area (Å²) in [6.45, 7) is 5.92. The van der Waals surface area contributed by atoms with Crippen molar-refractivity contribution in [1.29, 1.82) is 21.0 Å². The lowest BCUT2D eigenvalue weighted by Crippen LogP contribution is -2.21. The highest BCUT2D eigenvalue weighted by atomic mass is 14.5. The van der Waals surface area contributed by atoms with E-state index in [2.05, 4.69) is 0 Å². The molecular formula is C19H14N4. The van der Waals surface area contributed by atoms with Gasteiger partial charge in [-0.3, -0.25) is 0 Å². The molecule has 1 aliphatic rings. The van der Waals surface area contributed by atoms with Gasteiger partial charge in [-0.2, -0.15) is 21.0 Å². The van der Waals surface area contributed by atoms with Crippen molar-refractivity contribution in [2.24, 2.45) is 11.3 Å². The molecule has 0 atom stereocenters. The van der Waals surface area contributed by atoms with Crippen molar-refractivity contribution >= 4 is 11.1 Å². The Morgan fingerprint density at radius 2 is 1.13 bits per heavy atom. The molecule has 2 rings (SSSR count). The zero-order valence-corrected chi connectivity index (χ0v) is 13.2. The molecule has 0 unspecified atom stereocenters. The summed E-state index contributed by atoms with van der Waals surface area (Å²) in [6.07, 6.45) is 0. The average Bonchev–Trinajstić information content (AvgIpc) is 2.86. The first-order valence-corrected chi connectivity index (χ1v) is 7.09. The van der Waals surface area contributed by atoms with E-state index in [1.54, 1.807) is 0 Å². The van der Waals surface area contributed by atoms with Gasteiger partial charge in [-0.1, -0.05) is 45.0 Å². The van der Waals surface area contributed by atoms with E-state index in [1.165, 1.54) is 0 Å². The maximum Gasteiger partial charge on any atom is 0.134 e. The highest BCUT2D eigenvalue weighted by Crippen LogP contribution is 2.55. The number of nitrogens with zero attached hydrogens (tertiary/aromatic N) is 4. The van der Waals surface area contributed by atoms with E-state index in [-0.39, 0.29) is 22.5 Å². The largest absolute Gasteiger partial charge is 0.192 e. The van der Waals surface area contributed by atoms with Gasteiger partial charge in [0, 0.05) is 5.92 Å². The minimum atomic E-state index is -0.360. The van der Waals surface area contributed by atoms with Crippen molar-refractivity contribution in [3.05, 3.63) is 46.5 Å². The van der Waals surface area contributed by atoms with Crippen LogP contribution in [0.2, 0.25) is 0 Å². The summed E-state index contributed by atoms with van der Waals surface area (Å²) >= 11 is 0. The van der Waals surface area contributed by atoms with E-state index in [1.807, 2.05) is 69.3 Å². The van der Waals surface area contributed by atoms with Gasteiger partial charge in [0.1, 0.15) is 35.4 Å². The van der Waals surface area contributed by atoms with Crippen LogP contribution in [-0.4, -0.2) is 0 Å². The number of allylic oxidation sites excluding steroid dienone is 4. The van der Waals surface area contributed by atoms with Crippen LogP contribution < -0.4 is 0 Å². The standard InChI is InChI=1S/C19H14N4/c1-19(2,3)18-16(12(8-20)9-21)14-6-4-5-7-15(14)17(18)13(10-22)11-23/h4-7,18H,1-3H3. The minimum Gasteiger partial charge on any atom is -0.192 e. The molecular weight excluding hydrogens is 284 g/mol. The lowest BCUT2D eigenvalue weighted by Gasteiger charge is -2.30. The van der Waals surface area contributed by atoms with Gasteiger partial charge in [0.2, 0.25) is 0 Å². The molecule has 4 heteroatoms. The maximum absolute atomic E-state index is 9.36. The van der Waals surface area contributed by atoms with Crippen molar-refractivity contribution < 1.29 is 0 Å². The predicted octanol–water partition coefficient (Wildman–Crippen LogP) is 3.96. The molecule has 1 aromatic rings. The number of fused-ring (bicyclic) bond motifs is 1. The van der Waals surface area contributed by atoms with Crippen molar-refractivity contribution in [1.82, 2.24) is 0 Å². The molecule has 4 nitrogen and oxygen atoms in total. The number of nitriles is 4. The Hall–Kier alpha value is -3.34. The van der Waals surface area contributed by atoms with Gasteiger partial charge < -0.3 is 0 Å². The molecule has 0 spiro atoms. The van der Waals surface area contributed by atoms with Crippen LogP contribution in [-0.2, 0) is 0 Å². The monoisotopic (exact) mass is 298 g/mol. The third-order valence-corrected chi connectivity index (χ3v) is 3.94. The molecule has 0 heterocycles. The summed E-state index contributed by atoms with van der Waals surface area (Å²) < 4.78 is 0. The van der Waals surface area contributed by atoms with E-state index in [4.69, 9.17) is 0 Å². The van der Waals surface area contributed by atoms with Crippen molar-refractivity contribution in [3.8, 4) is 24.3 Å². The Balaban J connectivity index is 3.04. The van der Waals surface area contributed by atoms with Crippen LogP contribution in [0.5, 0.6) is 0 Å². The van der Waals surface area contributed by atoms with Crippen LogP contribution in [0.25, 0.3) is 11.1 Å². The van der Waals surface area contributed by atoms with E-state index in [0.29, 0.717) is 11.1 Å². The summed E-state index contributed by atoms with van der Waals surface area (Å²) in [7, 11) is 0. The van der Waals surface area contributed by atoms with E-state index >= 15 is 0 Å². The maximum atomic E-state index is 9.36. The highest BCUT2D eigenvalue weighted by Gasteiger charge is 2.42. The summed E-state index contributed by atoms with van der Waals surface area (Å²) in [4.78, 5) is 0. The topological polar surface area (TPSA) is 95.2 Å². The number of hydrogen-bond donors (Lipinski definition) is 0. The zero-order chi connectivity index (χ0) is 17.2. The lowest BCUT2D eigenvalue weighted by atomic mass is 9.72. The van der Waals surface area contributed by atoms with Gasteiger partial charge in [-0.25, -0.2) is 0 Å². The van der Waals surface area contributed by atoms with Gasteiger partial charge in [-0.15, -0.1) is 0 Å². The second-order valence-electron chi connectivity index (χ2n) is 6.37. The second-order valence-corrected chi connectivity index (χ2v) is 6.37. The first-order valence-electron chi connectivity index (χ1n) is 7.09. The molecule has 1 aromatic carbocycles. The molecule has 0 saturated carbocycles. The molecule has 0 saturated heterocycles. The smallest absolute Gasteiger partial charge is 0.134 e. The Bertz CT molecular complexity index is 796. The second kappa shape index (κ2) is 5.81. The van der Waals surface area contributed by atoms with Gasteiger partial charge in [0.05, 0.1) is 0 Å². The number of rotatable bonds is 0. The molecule has 0 aromatic heterocycles. The Labute approximate surface area is 135 Å². The van der Waals surface area contributed by atoms with Gasteiger partial charge >= 0.3 is 0 Å². The number of benzene rings is 1. The van der Waals surface area contributed by atoms with E-state index < -0.39 is 0 Å². The van der Waals surface area contributed by atoms with Gasteiger partial charge in [0.15, 0.2) is 0 Å². The van der Waals surface area contributed by atoms with Crippen LogP contribution >= 0.6 is 0 Å². The molecule has 0 radical (unpaired) electrons. The van der Waals surface area contributed by atoms with Crippen molar-refractivity contribution in [2.75, 3.05) is 0 Å². The van der Waals surface area contributed by atoms with Crippen LogP contribution in [0.4, 0.5) is 0 Å². The molecule has 0 amide bonds. The third kappa shape index (κ3) is 2.48. The van der Waals surface area contributed by atoms with Crippen molar-refractivity contribution in [3.63, 3.8) is 0 Å². The normalized spacial score (nSPS) is 13.3. The van der Waals surface area contributed by atoms with E-state index in [0.717, 1.165) is 11.1 Å². The van der Waals surface area contributed by atoms with E-state index in [9.17, 15) is 21.0 Å². The minimum absolute atomic E-state index is 0.0302.